The van der Waals surface area contributed by atoms with Crippen LogP contribution in [0.15, 0.2) is 66.2 Å². The molecule has 132 valence electrons. The summed E-state index contributed by atoms with van der Waals surface area (Å²) < 4.78 is 0. The fraction of sp³-hybridized carbons (Fsp3) is 0.238. The molecule has 4 rings (SSSR count). The van der Waals surface area contributed by atoms with E-state index in [1.54, 1.807) is 6.20 Å². The van der Waals surface area contributed by atoms with Crippen LogP contribution >= 0.6 is 11.3 Å². The van der Waals surface area contributed by atoms with E-state index in [1.807, 2.05) is 11.4 Å². The highest BCUT2D eigenvalue weighted by molar-refractivity contribution is 7.13. The highest BCUT2D eigenvalue weighted by Crippen LogP contribution is 2.28. The summed E-state index contributed by atoms with van der Waals surface area (Å²) in [6, 6.07) is 19.1. The van der Waals surface area contributed by atoms with Crippen molar-refractivity contribution >= 4 is 28.1 Å². The van der Waals surface area contributed by atoms with Crippen molar-refractivity contribution in [2.45, 2.75) is 12.8 Å². The molecule has 0 aliphatic carbocycles. The molecule has 26 heavy (non-hydrogen) atoms. The molecule has 1 N–H and O–H groups in total. The number of aromatic nitrogens is 1. The van der Waals surface area contributed by atoms with Gasteiger partial charge >= 0.3 is 0 Å². The average Bonchev–Trinajstić information content (AvgIpc) is 3.22. The Balaban J connectivity index is 1.40. The number of hydrogen-bond acceptors (Lipinski definition) is 4. The number of carbonyl (C=O) groups excluding carboxylic acids is 1. The summed E-state index contributed by atoms with van der Waals surface area (Å²) in [6.07, 6.45) is 3.45. The molecule has 1 fully saturated rings. The second-order valence-electron chi connectivity index (χ2n) is 6.50. The molecule has 0 atom stereocenters. The van der Waals surface area contributed by atoms with Crippen molar-refractivity contribution in [1.29, 1.82) is 0 Å². The van der Waals surface area contributed by atoms with Gasteiger partial charge in [0.05, 0.1) is 0 Å². The van der Waals surface area contributed by atoms with Gasteiger partial charge in [-0.3, -0.25) is 4.79 Å². The van der Waals surface area contributed by atoms with Crippen LogP contribution in [0.2, 0.25) is 0 Å². The number of benzene rings is 2. The fourth-order valence-corrected chi connectivity index (χ4v) is 3.94. The fourth-order valence-electron chi connectivity index (χ4n) is 3.41. The highest BCUT2D eigenvalue weighted by Gasteiger charge is 2.25. The first kappa shape index (κ1) is 16.8. The molecule has 5 heteroatoms. The molecule has 0 bridgehead atoms. The molecule has 1 aliphatic heterocycles. The summed E-state index contributed by atoms with van der Waals surface area (Å²) >= 11 is 1.46. The SMILES string of the molecule is O=C(Nc1nccs1)C1CCN(c2cccc(-c3ccccc3)c2)CC1. The van der Waals surface area contributed by atoms with Gasteiger partial charge in [-0.05, 0) is 36.1 Å². The average molecular weight is 363 g/mol. The zero-order valence-corrected chi connectivity index (χ0v) is 15.3. The second kappa shape index (κ2) is 7.70. The van der Waals surface area contributed by atoms with Gasteiger partial charge in [-0.2, -0.15) is 0 Å². The number of anilines is 2. The van der Waals surface area contributed by atoms with Crippen LogP contribution in [0, 0.1) is 5.92 Å². The van der Waals surface area contributed by atoms with E-state index >= 15 is 0 Å². The Labute approximate surface area is 157 Å². The van der Waals surface area contributed by atoms with Gasteiger partial charge in [0.1, 0.15) is 0 Å². The molecule has 1 amide bonds. The highest BCUT2D eigenvalue weighted by atomic mass is 32.1. The second-order valence-corrected chi connectivity index (χ2v) is 7.40. The number of thiazole rings is 1. The van der Waals surface area contributed by atoms with Crippen LogP contribution in [-0.2, 0) is 4.79 Å². The monoisotopic (exact) mass is 363 g/mol. The summed E-state index contributed by atoms with van der Waals surface area (Å²) in [5, 5.41) is 5.49. The van der Waals surface area contributed by atoms with Gasteiger partial charge in [0.15, 0.2) is 5.13 Å². The largest absolute Gasteiger partial charge is 0.371 e. The molecule has 1 aliphatic rings. The predicted octanol–water partition coefficient (Wildman–Crippen LogP) is 4.67. The van der Waals surface area contributed by atoms with Gasteiger partial charge < -0.3 is 10.2 Å². The number of nitrogens with one attached hydrogen (secondary N) is 1. The Morgan fingerprint density at radius 1 is 1.04 bits per heavy atom. The number of nitrogens with zero attached hydrogens (tertiary/aromatic N) is 2. The van der Waals surface area contributed by atoms with Crippen LogP contribution in [0.3, 0.4) is 0 Å². The molecule has 1 saturated heterocycles. The van der Waals surface area contributed by atoms with Crippen molar-refractivity contribution in [1.82, 2.24) is 4.98 Å². The molecule has 4 nitrogen and oxygen atoms in total. The van der Waals surface area contributed by atoms with Crippen molar-refractivity contribution in [3.8, 4) is 11.1 Å². The van der Waals surface area contributed by atoms with E-state index in [0.717, 1.165) is 25.9 Å². The Morgan fingerprint density at radius 3 is 2.54 bits per heavy atom. The van der Waals surface area contributed by atoms with Gasteiger partial charge in [0.25, 0.3) is 0 Å². The van der Waals surface area contributed by atoms with E-state index in [-0.39, 0.29) is 11.8 Å². The molecular formula is C21H21N3OS. The maximum absolute atomic E-state index is 12.4. The summed E-state index contributed by atoms with van der Waals surface area (Å²) in [5.74, 6) is 0.157. The molecule has 0 radical (unpaired) electrons. The lowest BCUT2D eigenvalue weighted by Gasteiger charge is -2.33. The Kier molecular flexibility index (Phi) is 4.97. The molecule has 2 aromatic carbocycles. The standard InChI is InChI=1S/C21H21N3OS/c25-20(23-21-22-11-14-26-21)17-9-12-24(13-10-17)19-8-4-7-18(15-19)16-5-2-1-3-6-16/h1-8,11,14-15,17H,9-10,12-13H2,(H,22,23,25). The number of rotatable bonds is 4. The molecule has 1 aromatic heterocycles. The smallest absolute Gasteiger partial charge is 0.229 e. The third kappa shape index (κ3) is 3.78. The zero-order valence-electron chi connectivity index (χ0n) is 14.5. The number of amides is 1. The first-order valence-electron chi connectivity index (χ1n) is 8.90. The summed E-state index contributed by atoms with van der Waals surface area (Å²) in [7, 11) is 0. The minimum absolute atomic E-state index is 0.0625. The van der Waals surface area contributed by atoms with E-state index in [0.29, 0.717) is 5.13 Å². The number of hydrogen-bond donors (Lipinski definition) is 1. The van der Waals surface area contributed by atoms with Crippen LogP contribution in [0.5, 0.6) is 0 Å². The van der Waals surface area contributed by atoms with Crippen LogP contribution in [0.1, 0.15) is 12.8 Å². The Bertz CT molecular complexity index is 856. The third-order valence-electron chi connectivity index (χ3n) is 4.85. The normalized spacial score (nSPS) is 15.0. The lowest BCUT2D eigenvalue weighted by Crippen LogP contribution is -2.38. The van der Waals surface area contributed by atoms with E-state index in [2.05, 4.69) is 63.7 Å². The topological polar surface area (TPSA) is 45.2 Å². The first-order valence-corrected chi connectivity index (χ1v) is 9.78. The molecule has 0 saturated carbocycles. The quantitative estimate of drug-likeness (QED) is 0.733. The summed E-state index contributed by atoms with van der Waals surface area (Å²) in [5.41, 5.74) is 3.68. The Hall–Kier alpha value is -2.66. The van der Waals surface area contributed by atoms with Crippen molar-refractivity contribution in [3.05, 3.63) is 66.2 Å². The van der Waals surface area contributed by atoms with Gasteiger partial charge in [0.2, 0.25) is 5.91 Å². The molecule has 0 spiro atoms. The molecule has 0 unspecified atom stereocenters. The van der Waals surface area contributed by atoms with Crippen LogP contribution in [0.25, 0.3) is 11.1 Å². The molecule has 2 heterocycles. The lowest BCUT2D eigenvalue weighted by molar-refractivity contribution is -0.120. The molecule has 3 aromatic rings. The van der Waals surface area contributed by atoms with E-state index in [4.69, 9.17) is 0 Å². The summed E-state index contributed by atoms with van der Waals surface area (Å²) in [4.78, 5) is 18.9. The zero-order chi connectivity index (χ0) is 17.8. The third-order valence-corrected chi connectivity index (χ3v) is 5.54. The predicted molar refractivity (Wildman–Crippen MR) is 108 cm³/mol. The van der Waals surface area contributed by atoms with Gasteiger partial charge in [-0.25, -0.2) is 4.98 Å². The minimum atomic E-state index is 0.0625. The lowest BCUT2D eigenvalue weighted by atomic mass is 9.95. The Morgan fingerprint density at radius 2 is 1.81 bits per heavy atom. The van der Waals surface area contributed by atoms with E-state index < -0.39 is 0 Å². The van der Waals surface area contributed by atoms with Crippen LogP contribution in [0.4, 0.5) is 10.8 Å². The summed E-state index contributed by atoms with van der Waals surface area (Å²) in [6.45, 7) is 1.79. The number of piperidine rings is 1. The van der Waals surface area contributed by atoms with Gasteiger partial charge in [-0.15, -0.1) is 11.3 Å². The first-order chi connectivity index (χ1) is 12.8. The van der Waals surface area contributed by atoms with Gasteiger partial charge in [-0.1, -0.05) is 42.5 Å². The van der Waals surface area contributed by atoms with Crippen LogP contribution in [-0.4, -0.2) is 24.0 Å². The molecular weight excluding hydrogens is 342 g/mol. The maximum Gasteiger partial charge on any atom is 0.229 e. The van der Waals surface area contributed by atoms with Crippen LogP contribution < -0.4 is 10.2 Å². The van der Waals surface area contributed by atoms with Crippen molar-refractivity contribution in [2.75, 3.05) is 23.3 Å². The van der Waals surface area contributed by atoms with Crippen molar-refractivity contribution in [3.63, 3.8) is 0 Å². The minimum Gasteiger partial charge on any atom is -0.371 e. The van der Waals surface area contributed by atoms with E-state index in [1.165, 1.54) is 28.2 Å². The van der Waals surface area contributed by atoms with Crippen molar-refractivity contribution in [2.24, 2.45) is 5.92 Å². The van der Waals surface area contributed by atoms with Crippen molar-refractivity contribution < 1.29 is 4.79 Å². The van der Waals surface area contributed by atoms with E-state index in [9.17, 15) is 4.79 Å². The maximum atomic E-state index is 12.4. The van der Waals surface area contributed by atoms with Gasteiger partial charge in [0, 0.05) is 36.3 Å². The number of carbonyl (C=O) groups is 1.